The summed E-state index contributed by atoms with van der Waals surface area (Å²) in [6.07, 6.45) is 0. The summed E-state index contributed by atoms with van der Waals surface area (Å²) in [5.74, 6) is 0.700. The van der Waals surface area contributed by atoms with Gasteiger partial charge in [0, 0.05) is 30.6 Å². The van der Waals surface area contributed by atoms with Gasteiger partial charge in [-0.15, -0.1) is 16.5 Å². The molecular weight excluding hydrogens is 440 g/mol. The smallest absolute Gasteiger partial charge is 0.301 e. The summed E-state index contributed by atoms with van der Waals surface area (Å²) in [5.41, 5.74) is 3.46. The number of carbonyl (C=O) groups is 1. The zero-order valence-electron chi connectivity index (χ0n) is 18.6. The minimum atomic E-state index is -0.334. The van der Waals surface area contributed by atoms with Crippen LogP contribution < -0.4 is 15.2 Å². The molecule has 0 unspecified atom stereocenters. The predicted octanol–water partition coefficient (Wildman–Crippen LogP) is 5.00. The topological polar surface area (TPSA) is 105 Å². The molecule has 2 aromatic carbocycles. The van der Waals surface area contributed by atoms with Crippen molar-refractivity contribution in [3.05, 3.63) is 70.0 Å². The molecule has 0 aliphatic carbocycles. The van der Waals surface area contributed by atoms with Crippen LogP contribution in [0.25, 0.3) is 16.4 Å². The number of benzene rings is 2. The first-order chi connectivity index (χ1) is 15.9. The molecule has 0 atom stereocenters. The lowest BCUT2D eigenvalue weighted by Gasteiger charge is -2.14. The van der Waals surface area contributed by atoms with Gasteiger partial charge in [0.1, 0.15) is 5.75 Å². The SMILES string of the molecule is COc1ccc(-c2csc(-n3[nH]c(C)c(N=Nc4ccc(N(C)C(C)=O)cc4)c3=O)n2)cc1. The fraction of sp³-hybridized carbons (Fsp3) is 0.174. The first-order valence-electron chi connectivity index (χ1n) is 10.1. The van der Waals surface area contributed by atoms with Crippen molar-refractivity contribution >= 4 is 34.3 Å². The second-order valence-electron chi connectivity index (χ2n) is 7.26. The van der Waals surface area contributed by atoms with E-state index >= 15 is 0 Å². The van der Waals surface area contributed by atoms with E-state index in [4.69, 9.17) is 4.74 Å². The van der Waals surface area contributed by atoms with Gasteiger partial charge in [-0.25, -0.2) is 4.98 Å². The normalized spacial score (nSPS) is 11.2. The third-order valence-corrected chi connectivity index (χ3v) is 5.91. The van der Waals surface area contributed by atoms with E-state index in [0.29, 0.717) is 16.5 Å². The van der Waals surface area contributed by atoms with Gasteiger partial charge in [-0.05, 0) is 55.5 Å². The van der Waals surface area contributed by atoms with Crippen LogP contribution in [0.3, 0.4) is 0 Å². The standard InChI is InChI=1S/C23H22N6O3S/c1-14-21(26-25-17-7-9-18(10-8-17)28(3)15(2)30)22(31)29(27-14)23-24-20(13-33-23)16-5-11-19(32-4)12-6-16/h5-13,27H,1-4H3. The number of methoxy groups -OCH3 is 1. The van der Waals surface area contributed by atoms with Gasteiger partial charge in [-0.3, -0.25) is 14.7 Å². The number of H-pyrrole nitrogens is 1. The zero-order valence-corrected chi connectivity index (χ0v) is 19.4. The van der Waals surface area contributed by atoms with Crippen LogP contribution >= 0.6 is 11.3 Å². The molecule has 0 spiro atoms. The van der Waals surface area contributed by atoms with Crippen molar-refractivity contribution in [2.24, 2.45) is 10.2 Å². The fourth-order valence-electron chi connectivity index (χ4n) is 3.08. The number of ether oxygens (including phenoxy) is 1. The highest BCUT2D eigenvalue weighted by molar-refractivity contribution is 7.12. The third kappa shape index (κ3) is 4.60. The highest BCUT2D eigenvalue weighted by atomic mass is 32.1. The number of anilines is 1. The summed E-state index contributed by atoms with van der Waals surface area (Å²) >= 11 is 1.35. The van der Waals surface area contributed by atoms with Gasteiger partial charge in [0.25, 0.3) is 0 Å². The monoisotopic (exact) mass is 462 g/mol. The number of hydrogen-bond donors (Lipinski definition) is 1. The van der Waals surface area contributed by atoms with Crippen molar-refractivity contribution in [2.45, 2.75) is 13.8 Å². The molecule has 0 bridgehead atoms. The molecule has 1 amide bonds. The van der Waals surface area contributed by atoms with Crippen LogP contribution in [0.4, 0.5) is 17.1 Å². The number of rotatable bonds is 6. The van der Waals surface area contributed by atoms with Crippen LogP contribution in [0.2, 0.25) is 0 Å². The summed E-state index contributed by atoms with van der Waals surface area (Å²) < 4.78 is 6.56. The van der Waals surface area contributed by atoms with Crippen molar-refractivity contribution < 1.29 is 9.53 Å². The van der Waals surface area contributed by atoms with E-state index in [1.165, 1.54) is 27.8 Å². The molecule has 2 heterocycles. The number of carbonyl (C=O) groups excluding carboxylic acids is 1. The molecule has 168 valence electrons. The number of nitrogens with one attached hydrogen (secondary N) is 1. The van der Waals surface area contributed by atoms with Crippen molar-refractivity contribution in [3.8, 4) is 22.1 Å². The van der Waals surface area contributed by atoms with E-state index in [0.717, 1.165) is 22.7 Å². The second-order valence-corrected chi connectivity index (χ2v) is 8.10. The van der Waals surface area contributed by atoms with Crippen molar-refractivity contribution in [1.29, 1.82) is 0 Å². The zero-order chi connectivity index (χ0) is 23.5. The Hall–Kier alpha value is -4.05. The molecule has 0 saturated carbocycles. The van der Waals surface area contributed by atoms with Crippen LogP contribution in [0.15, 0.2) is 68.9 Å². The quantitative estimate of drug-likeness (QED) is 0.407. The first kappa shape index (κ1) is 22.2. The molecule has 4 aromatic rings. The number of aryl methyl sites for hydroxylation is 1. The summed E-state index contributed by atoms with van der Waals surface area (Å²) in [7, 11) is 3.32. The molecule has 0 saturated heterocycles. The number of aromatic amines is 1. The largest absolute Gasteiger partial charge is 0.497 e. The van der Waals surface area contributed by atoms with Gasteiger partial charge >= 0.3 is 5.56 Å². The van der Waals surface area contributed by atoms with E-state index < -0.39 is 0 Å². The van der Waals surface area contributed by atoms with Gasteiger partial charge in [0.15, 0.2) is 5.69 Å². The Morgan fingerprint density at radius 3 is 2.45 bits per heavy atom. The average molecular weight is 463 g/mol. The molecule has 0 aliphatic rings. The molecule has 2 aromatic heterocycles. The van der Waals surface area contributed by atoms with Crippen molar-refractivity contribution in [3.63, 3.8) is 0 Å². The lowest BCUT2D eigenvalue weighted by atomic mass is 10.2. The minimum Gasteiger partial charge on any atom is -0.497 e. The first-order valence-corrected chi connectivity index (χ1v) is 10.9. The highest BCUT2D eigenvalue weighted by Gasteiger charge is 2.15. The predicted molar refractivity (Wildman–Crippen MR) is 128 cm³/mol. The van der Waals surface area contributed by atoms with Gasteiger partial charge in [0.2, 0.25) is 11.0 Å². The molecular formula is C23H22N6O3S. The maximum Gasteiger partial charge on any atom is 0.301 e. The number of azo groups is 1. The van der Waals surface area contributed by atoms with Gasteiger partial charge in [0.05, 0.1) is 24.2 Å². The molecule has 10 heteroatoms. The summed E-state index contributed by atoms with van der Waals surface area (Å²) in [6.45, 7) is 3.25. The Balaban J connectivity index is 1.57. The maximum atomic E-state index is 12.9. The molecule has 9 nitrogen and oxygen atoms in total. The van der Waals surface area contributed by atoms with Crippen LogP contribution in [-0.2, 0) is 4.79 Å². The van der Waals surface area contributed by atoms with E-state index in [9.17, 15) is 9.59 Å². The molecule has 0 aliphatic heterocycles. The van der Waals surface area contributed by atoms with E-state index in [1.807, 2.05) is 29.6 Å². The van der Waals surface area contributed by atoms with Gasteiger partial charge < -0.3 is 9.64 Å². The molecule has 0 radical (unpaired) electrons. The Morgan fingerprint density at radius 1 is 1.12 bits per heavy atom. The number of aromatic nitrogens is 3. The Kier molecular flexibility index (Phi) is 6.18. The average Bonchev–Trinajstić information content (AvgIpc) is 3.42. The Bertz CT molecular complexity index is 1370. The van der Waals surface area contributed by atoms with Gasteiger partial charge in [-0.2, -0.15) is 9.80 Å². The summed E-state index contributed by atoms with van der Waals surface area (Å²) in [4.78, 5) is 30.5. The van der Waals surface area contributed by atoms with Crippen molar-refractivity contribution in [1.82, 2.24) is 14.8 Å². The third-order valence-electron chi connectivity index (χ3n) is 5.08. The van der Waals surface area contributed by atoms with Gasteiger partial charge in [-0.1, -0.05) is 0 Å². The summed E-state index contributed by atoms with van der Waals surface area (Å²) in [6, 6.07) is 14.6. The number of hydrogen-bond acceptors (Lipinski definition) is 7. The molecule has 4 rings (SSSR count). The van der Waals surface area contributed by atoms with Crippen LogP contribution in [0, 0.1) is 6.92 Å². The van der Waals surface area contributed by atoms with Crippen LogP contribution in [0.1, 0.15) is 12.6 Å². The van der Waals surface area contributed by atoms with E-state index in [1.54, 1.807) is 45.3 Å². The highest BCUT2D eigenvalue weighted by Crippen LogP contribution is 2.26. The second kappa shape index (κ2) is 9.21. The minimum absolute atomic E-state index is 0.0646. The van der Waals surface area contributed by atoms with Crippen LogP contribution in [0.5, 0.6) is 5.75 Å². The Morgan fingerprint density at radius 2 is 1.82 bits per heavy atom. The number of thiazole rings is 1. The summed E-state index contributed by atoms with van der Waals surface area (Å²) in [5, 5.41) is 13.8. The number of amides is 1. The van der Waals surface area contributed by atoms with Crippen molar-refractivity contribution in [2.75, 3.05) is 19.1 Å². The van der Waals surface area contributed by atoms with E-state index in [2.05, 4.69) is 20.3 Å². The van der Waals surface area contributed by atoms with E-state index in [-0.39, 0.29) is 17.2 Å². The molecule has 1 N–H and O–H groups in total. The maximum absolute atomic E-state index is 12.9. The lowest BCUT2D eigenvalue weighted by Crippen LogP contribution is -2.22. The molecule has 0 fully saturated rings. The number of nitrogens with zero attached hydrogens (tertiary/aromatic N) is 5. The molecule has 33 heavy (non-hydrogen) atoms. The Labute approximate surface area is 194 Å². The fourth-order valence-corrected chi connectivity index (χ4v) is 3.87. The lowest BCUT2D eigenvalue weighted by molar-refractivity contribution is -0.116. The van der Waals surface area contributed by atoms with Crippen LogP contribution in [-0.4, -0.2) is 34.8 Å².